The fraction of sp³-hybridized carbons (Fsp3) is 0.500. The van der Waals surface area contributed by atoms with E-state index in [1.165, 1.54) is 0 Å². The van der Waals surface area contributed by atoms with Gasteiger partial charge in [0.05, 0.1) is 16.4 Å². The van der Waals surface area contributed by atoms with E-state index in [0.717, 1.165) is 8.66 Å². The van der Waals surface area contributed by atoms with Crippen LogP contribution < -0.4 is 5.73 Å². The molecule has 1 unspecified atom stereocenters. The summed E-state index contributed by atoms with van der Waals surface area (Å²) in [6.07, 6.45) is -0.0268. The molecule has 0 aliphatic carbocycles. The van der Waals surface area contributed by atoms with Gasteiger partial charge < -0.3 is 15.4 Å². The van der Waals surface area contributed by atoms with Crippen molar-refractivity contribution < 1.29 is 9.53 Å². The van der Waals surface area contributed by atoms with Crippen molar-refractivity contribution in [3.05, 3.63) is 20.8 Å². The van der Waals surface area contributed by atoms with Crippen molar-refractivity contribution in [2.24, 2.45) is 5.73 Å². The number of ether oxygens (including phenoxy) is 1. The average Bonchev–Trinajstić information content (AvgIpc) is 2.67. The maximum Gasteiger partial charge on any atom is 0.249 e. The Morgan fingerprint density at radius 3 is 3.06 bits per heavy atom. The lowest BCUT2D eigenvalue weighted by molar-refractivity contribution is -0.149. The smallest absolute Gasteiger partial charge is 0.249 e. The van der Waals surface area contributed by atoms with Gasteiger partial charge in [-0.1, -0.05) is 0 Å². The van der Waals surface area contributed by atoms with Gasteiger partial charge in [-0.2, -0.15) is 0 Å². The molecule has 1 atom stereocenters. The van der Waals surface area contributed by atoms with Gasteiger partial charge in [0.1, 0.15) is 6.61 Å². The molecule has 1 aliphatic rings. The molecule has 1 amide bonds. The summed E-state index contributed by atoms with van der Waals surface area (Å²) < 4.78 is 6.37. The predicted octanol–water partition coefficient (Wildman–Crippen LogP) is 1.20. The summed E-state index contributed by atoms with van der Waals surface area (Å²) in [6, 6.07) is 4.01. The van der Waals surface area contributed by atoms with Crippen LogP contribution >= 0.6 is 27.3 Å². The van der Waals surface area contributed by atoms with E-state index in [0.29, 0.717) is 19.6 Å². The van der Waals surface area contributed by atoms with Crippen molar-refractivity contribution in [1.82, 2.24) is 4.90 Å². The first kappa shape index (κ1) is 12.0. The van der Waals surface area contributed by atoms with Gasteiger partial charge in [0.25, 0.3) is 0 Å². The van der Waals surface area contributed by atoms with E-state index in [4.69, 9.17) is 10.5 Å². The SMILES string of the molecule is NCC1CN(Cc2ccc(Br)s2)C(=O)CO1. The summed E-state index contributed by atoms with van der Waals surface area (Å²) in [5.41, 5.74) is 5.54. The monoisotopic (exact) mass is 304 g/mol. The van der Waals surface area contributed by atoms with Crippen LogP contribution in [0.2, 0.25) is 0 Å². The van der Waals surface area contributed by atoms with Gasteiger partial charge >= 0.3 is 0 Å². The van der Waals surface area contributed by atoms with Gasteiger partial charge in [-0.05, 0) is 28.1 Å². The molecule has 1 fully saturated rings. The number of nitrogens with two attached hydrogens (primary N) is 1. The summed E-state index contributed by atoms with van der Waals surface area (Å²) in [5.74, 6) is 0.0363. The fourth-order valence-corrected chi connectivity index (χ4v) is 3.10. The number of carbonyl (C=O) groups is 1. The molecular formula is C10H13BrN2O2S. The van der Waals surface area contributed by atoms with Crippen LogP contribution in [-0.2, 0) is 16.1 Å². The highest BCUT2D eigenvalue weighted by Crippen LogP contribution is 2.24. The summed E-state index contributed by atoms with van der Waals surface area (Å²) in [5, 5.41) is 0. The van der Waals surface area contributed by atoms with E-state index in [1.54, 1.807) is 16.2 Å². The second-order valence-electron chi connectivity index (χ2n) is 3.65. The molecule has 1 aliphatic heterocycles. The maximum absolute atomic E-state index is 11.6. The van der Waals surface area contributed by atoms with Gasteiger partial charge in [-0.15, -0.1) is 11.3 Å². The number of thiophene rings is 1. The standard InChI is InChI=1S/C10H13BrN2O2S/c11-9-2-1-8(16-9)5-13-4-7(3-12)15-6-10(13)14/h1-2,7H,3-6,12H2. The Labute approximate surface area is 106 Å². The molecule has 0 radical (unpaired) electrons. The second-order valence-corrected chi connectivity index (χ2v) is 6.20. The first-order chi connectivity index (χ1) is 7.69. The van der Waals surface area contributed by atoms with Crippen LogP contribution in [0.1, 0.15) is 4.88 Å². The summed E-state index contributed by atoms with van der Waals surface area (Å²) >= 11 is 5.05. The topological polar surface area (TPSA) is 55.6 Å². The number of hydrogen-bond acceptors (Lipinski definition) is 4. The van der Waals surface area contributed by atoms with Crippen molar-refractivity contribution in [1.29, 1.82) is 0 Å². The number of halogens is 1. The fourth-order valence-electron chi connectivity index (χ4n) is 1.60. The normalized spacial score (nSPS) is 21.5. The van der Waals surface area contributed by atoms with Crippen LogP contribution in [-0.4, -0.2) is 36.6 Å². The van der Waals surface area contributed by atoms with E-state index >= 15 is 0 Å². The van der Waals surface area contributed by atoms with E-state index < -0.39 is 0 Å². The van der Waals surface area contributed by atoms with E-state index in [1.807, 2.05) is 12.1 Å². The Bertz CT molecular complexity index is 383. The summed E-state index contributed by atoms with van der Waals surface area (Å²) in [6.45, 7) is 1.84. The minimum atomic E-state index is -0.0268. The number of carbonyl (C=O) groups excluding carboxylic acids is 1. The average molecular weight is 305 g/mol. The Kier molecular flexibility index (Phi) is 3.96. The van der Waals surface area contributed by atoms with E-state index in [-0.39, 0.29) is 18.6 Å². The van der Waals surface area contributed by atoms with Gasteiger partial charge in [0, 0.05) is 18.0 Å². The molecule has 1 aromatic heterocycles. The summed E-state index contributed by atoms with van der Waals surface area (Å²) in [4.78, 5) is 14.6. The van der Waals surface area contributed by atoms with Crippen LogP contribution in [0.5, 0.6) is 0 Å². The molecule has 0 aromatic carbocycles. The lowest BCUT2D eigenvalue weighted by Gasteiger charge is -2.31. The van der Waals surface area contributed by atoms with Gasteiger partial charge in [0.2, 0.25) is 5.91 Å². The highest BCUT2D eigenvalue weighted by molar-refractivity contribution is 9.11. The molecule has 0 saturated carbocycles. The number of hydrogen-bond donors (Lipinski definition) is 1. The highest BCUT2D eigenvalue weighted by atomic mass is 79.9. The van der Waals surface area contributed by atoms with Crippen LogP contribution in [0, 0.1) is 0 Å². The zero-order valence-electron chi connectivity index (χ0n) is 8.69. The molecule has 1 saturated heterocycles. The number of rotatable bonds is 3. The zero-order valence-corrected chi connectivity index (χ0v) is 11.1. The Morgan fingerprint density at radius 1 is 1.62 bits per heavy atom. The lowest BCUT2D eigenvalue weighted by Crippen LogP contribution is -2.48. The third-order valence-corrected chi connectivity index (χ3v) is 4.07. The Morgan fingerprint density at radius 2 is 2.44 bits per heavy atom. The molecule has 16 heavy (non-hydrogen) atoms. The third kappa shape index (κ3) is 2.82. The first-order valence-electron chi connectivity index (χ1n) is 5.02. The quantitative estimate of drug-likeness (QED) is 0.913. The van der Waals surface area contributed by atoms with Crippen molar-refractivity contribution in [2.75, 3.05) is 19.7 Å². The zero-order chi connectivity index (χ0) is 11.5. The van der Waals surface area contributed by atoms with E-state index in [2.05, 4.69) is 15.9 Å². The van der Waals surface area contributed by atoms with Gasteiger partial charge in [-0.25, -0.2) is 0 Å². The Balaban J connectivity index is 1.99. The predicted molar refractivity (Wildman–Crippen MR) is 66.2 cm³/mol. The Hall–Kier alpha value is -0.430. The molecule has 2 rings (SSSR count). The summed E-state index contributed by atoms with van der Waals surface area (Å²) in [7, 11) is 0. The van der Waals surface area contributed by atoms with Crippen LogP contribution in [0.15, 0.2) is 15.9 Å². The maximum atomic E-state index is 11.6. The number of morpholine rings is 1. The molecule has 6 heteroatoms. The number of amides is 1. The van der Waals surface area contributed by atoms with E-state index in [9.17, 15) is 4.79 Å². The molecule has 0 bridgehead atoms. The molecule has 4 nitrogen and oxygen atoms in total. The van der Waals surface area contributed by atoms with Crippen molar-refractivity contribution in [2.45, 2.75) is 12.6 Å². The molecule has 88 valence electrons. The van der Waals surface area contributed by atoms with Crippen LogP contribution in [0.3, 0.4) is 0 Å². The largest absolute Gasteiger partial charge is 0.365 e. The van der Waals surface area contributed by atoms with Gasteiger partial charge in [0.15, 0.2) is 0 Å². The molecule has 2 N–H and O–H groups in total. The lowest BCUT2D eigenvalue weighted by atomic mass is 10.2. The molecule has 0 spiro atoms. The second kappa shape index (κ2) is 5.27. The van der Waals surface area contributed by atoms with Crippen molar-refractivity contribution >= 4 is 33.2 Å². The van der Waals surface area contributed by atoms with Crippen LogP contribution in [0.4, 0.5) is 0 Å². The molecular weight excluding hydrogens is 292 g/mol. The number of nitrogens with zero attached hydrogens (tertiary/aromatic N) is 1. The third-order valence-electron chi connectivity index (χ3n) is 2.46. The first-order valence-corrected chi connectivity index (χ1v) is 6.63. The molecule has 2 heterocycles. The highest BCUT2D eigenvalue weighted by Gasteiger charge is 2.25. The van der Waals surface area contributed by atoms with Crippen molar-refractivity contribution in [3.8, 4) is 0 Å². The van der Waals surface area contributed by atoms with Gasteiger partial charge in [-0.3, -0.25) is 4.79 Å². The minimum absolute atomic E-state index is 0.0268. The van der Waals surface area contributed by atoms with Crippen LogP contribution in [0.25, 0.3) is 0 Å². The minimum Gasteiger partial charge on any atom is -0.365 e. The van der Waals surface area contributed by atoms with Crippen molar-refractivity contribution in [3.63, 3.8) is 0 Å². The molecule has 1 aromatic rings.